The molecule has 3 nitrogen and oxygen atoms in total. The minimum absolute atomic E-state index is 0.107. The minimum atomic E-state index is -0.222. The van der Waals surface area contributed by atoms with Crippen molar-refractivity contribution in [1.29, 1.82) is 0 Å². The minimum Gasteiger partial charge on any atom is -0.396 e. The Kier molecular flexibility index (Phi) is 4.34. The van der Waals surface area contributed by atoms with Crippen molar-refractivity contribution < 1.29 is 9.90 Å². The van der Waals surface area contributed by atoms with Gasteiger partial charge in [-0.3, -0.25) is 4.79 Å². The molecule has 1 rings (SSSR count). The molecule has 1 saturated carbocycles. The molecule has 0 spiro atoms. The smallest absolute Gasteiger partial charge is 0.295 e. The van der Waals surface area contributed by atoms with Crippen molar-refractivity contribution in [1.82, 2.24) is 5.32 Å². The third kappa shape index (κ3) is 3.95. The normalized spacial score (nSPS) is 15.5. The Balaban J connectivity index is 2.10. The molecule has 0 radical (unpaired) electrons. The number of aliphatic hydroxyl groups excluding tert-OH is 1. The lowest BCUT2D eigenvalue weighted by atomic mass is 9.86. The highest BCUT2D eigenvalue weighted by Crippen LogP contribution is 2.24. The summed E-state index contributed by atoms with van der Waals surface area (Å²) in [6.45, 7) is 0.616. The zero-order valence-corrected chi connectivity index (χ0v) is 7.68. The van der Waals surface area contributed by atoms with Crippen molar-refractivity contribution in [2.24, 2.45) is 5.92 Å². The van der Waals surface area contributed by atoms with Crippen LogP contribution in [-0.2, 0) is 4.79 Å². The average Bonchev–Trinajstić information content (AvgIpc) is 2.02. The van der Waals surface area contributed by atoms with E-state index in [2.05, 4.69) is 17.2 Å². The Morgan fingerprint density at radius 1 is 1.54 bits per heavy atom. The topological polar surface area (TPSA) is 49.3 Å². The third-order valence-corrected chi connectivity index (χ3v) is 2.12. The van der Waals surface area contributed by atoms with Gasteiger partial charge in [0.15, 0.2) is 0 Å². The summed E-state index contributed by atoms with van der Waals surface area (Å²) in [6.07, 6.45) is 4.11. The van der Waals surface area contributed by atoms with Crippen molar-refractivity contribution in [3.8, 4) is 11.8 Å². The van der Waals surface area contributed by atoms with Gasteiger partial charge in [-0.25, -0.2) is 0 Å². The van der Waals surface area contributed by atoms with Crippen molar-refractivity contribution in [2.75, 3.05) is 13.2 Å². The van der Waals surface area contributed by atoms with Crippen molar-refractivity contribution in [2.45, 2.75) is 25.7 Å². The van der Waals surface area contributed by atoms with Gasteiger partial charge in [0.1, 0.15) is 0 Å². The lowest BCUT2D eigenvalue weighted by Gasteiger charge is -2.18. The Morgan fingerprint density at radius 2 is 2.31 bits per heavy atom. The second kappa shape index (κ2) is 5.60. The number of carbonyl (C=O) groups excluding carboxylic acids is 1. The molecule has 0 heterocycles. The summed E-state index contributed by atoms with van der Waals surface area (Å²) in [5.74, 6) is 5.71. The van der Waals surface area contributed by atoms with Crippen LogP contribution in [0.1, 0.15) is 25.7 Å². The number of rotatable bonds is 3. The van der Waals surface area contributed by atoms with Gasteiger partial charge in [-0.1, -0.05) is 12.3 Å². The molecule has 0 unspecified atom stereocenters. The fourth-order valence-corrected chi connectivity index (χ4v) is 1.05. The summed E-state index contributed by atoms with van der Waals surface area (Å²) in [4.78, 5) is 11.0. The largest absolute Gasteiger partial charge is 0.396 e. The predicted octanol–water partition coefficient (Wildman–Crippen LogP) is 0.288. The van der Waals surface area contributed by atoms with Crippen LogP contribution in [0, 0.1) is 17.8 Å². The van der Waals surface area contributed by atoms with Crippen LogP contribution in [0.3, 0.4) is 0 Å². The summed E-state index contributed by atoms with van der Waals surface area (Å²) >= 11 is 0. The van der Waals surface area contributed by atoms with Crippen molar-refractivity contribution in [3.05, 3.63) is 0 Å². The SMILES string of the molecule is O=C(C#CC1CCC1)NCCCO. The first-order valence-corrected chi connectivity index (χ1v) is 4.73. The maximum absolute atomic E-state index is 11.0. The first-order chi connectivity index (χ1) is 6.33. The van der Waals surface area contributed by atoms with E-state index in [-0.39, 0.29) is 12.5 Å². The van der Waals surface area contributed by atoms with Crippen LogP contribution in [0.2, 0.25) is 0 Å². The zero-order chi connectivity index (χ0) is 9.52. The molecule has 0 aromatic heterocycles. The average molecular weight is 181 g/mol. The first kappa shape index (κ1) is 10.1. The van der Waals surface area contributed by atoms with Gasteiger partial charge < -0.3 is 10.4 Å². The van der Waals surface area contributed by atoms with E-state index in [0.29, 0.717) is 18.9 Å². The molecule has 1 fully saturated rings. The summed E-state index contributed by atoms with van der Waals surface area (Å²) < 4.78 is 0. The van der Waals surface area contributed by atoms with E-state index in [1.807, 2.05) is 0 Å². The van der Waals surface area contributed by atoms with Crippen molar-refractivity contribution >= 4 is 5.91 Å². The highest BCUT2D eigenvalue weighted by Gasteiger charge is 2.13. The second-order valence-corrected chi connectivity index (χ2v) is 3.23. The van der Waals surface area contributed by atoms with Crippen molar-refractivity contribution in [3.63, 3.8) is 0 Å². The number of aliphatic hydroxyl groups is 1. The molecule has 0 saturated heterocycles. The molecule has 0 aromatic rings. The molecule has 3 heteroatoms. The van der Waals surface area contributed by atoms with Crippen LogP contribution in [0.25, 0.3) is 0 Å². The van der Waals surface area contributed by atoms with Gasteiger partial charge in [-0.15, -0.1) is 0 Å². The predicted molar refractivity (Wildman–Crippen MR) is 49.8 cm³/mol. The maximum atomic E-state index is 11.0. The number of carbonyl (C=O) groups is 1. The van der Waals surface area contributed by atoms with Crippen LogP contribution in [-0.4, -0.2) is 24.2 Å². The Hall–Kier alpha value is -1.01. The highest BCUT2D eigenvalue weighted by atomic mass is 16.3. The zero-order valence-electron chi connectivity index (χ0n) is 7.68. The Morgan fingerprint density at radius 3 is 2.85 bits per heavy atom. The van der Waals surface area contributed by atoms with E-state index in [0.717, 1.165) is 12.8 Å². The van der Waals surface area contributed by atoms with Gasteiger partial charge >= 0.3 is 0 Å². The molecule has 0 aromatic carbocycles. The van der Waals surface area contributed by atoms with E-state index in [1.165, 1.54) is 6.42 Å². The third-order valence-electron chi connectivity index (χ3n) is 2.12. The lowest BCUT2D eigenvalue weighted by molar-refractivity contribution is -0.115. The monoisotopic (exact) mass is 181 g/mol. The van der Waals surface area contributed by atoms with E-state index < -0.39 is 0 Å². The molecule has 1 aliphatic rings. The van der Waals surface area contributed by atoms with E-state index >= 15 is 0 Å². The van der Waals surface area contributed by atoms with Crippen LogP contribution in [0.4, 0.5) is 0 Å². The number of hydrogen-bond acceptors (Lipinski definition) is 2. The molecule has 2 N–H and O–H groups in total. The van der Waals surface area contributed by atoms with Gasteiger partial charge in [0, 0.05) is 19.1 Å². The Labute approximate surface area is 78.5 Å². The van der Waals surface area contributed by atoms with Crippen LogP contribution >= 0.6 is 0 Å². The molecule has 13 heavy (non-hydrogen) atoms. The molecule has 1 amide bonds. The summed E-state index contributed by atoms with van der Waals surface area (Å²) in [5.41, 5.74) is 0. The molecule has 0 aliphatic heterocycles. The van der Waals surface area contributed by atoms with Crippen LogP contribution < -0.4 is 5.32 Å². The summed E-state index contributed by atoms with van der Waals surface area (Å²) in [5, 5.41) is 11.1. The summed E-state index contributed by atoms with van der Waals surface area (Å²) in [7, 11) is 0. The molecular weight excluding hydrogens is 166 g/mol. The van der Waals surface area contributed by atoms with Gasteiger partial charge in [-0.2, -0.15) is 0 Å². The maximum Gasteiger partial charge on any atom is 0.295 e. The quantitative estimate of drug-likeness (QED) is 0.485. The van der Waals surface area contributed by atoms with E-state index in [4.69, 9.17) is 5.11 Å². The molecule has 0 bridgehead atoms. The van der Waals surface area contributed by atoms with E-state index in [9.17, 15) is 4.79 Å². The lowest BCUT2D eigenvalue weighted by Crippen LogP contribution is -2.23. The van der Waals surface area contributed by atoms with Crippen LogP contribution in [0.15, 0.2) is 0 Å². The molecule has 1 aliphatic carbocycles. The Bertz CT molecular complexity index is 223. The molecular formula is C10H15NO2. The molecule has 0 atom stereocenters. The molecule has 72 valence electrons. The first-order valence-electron chi connectivity index (χ1n) is 4.73. The number of hydrogen-bond donors (Lipinski definition) is 2. The van der Waals surface area contributed by atoms with Gasteiger partial charge in [0.05, 0.1) is 0 Å². The highest BCUT2D eigenvalue weighted by molar-refractivity contribution is 5.93. The standard InChI is InChI=1S/C10H15NO2/c12-8-2-7-11-10(13)6-5-9-3-1-4-9/h9,12H,1-4,7-8H2,(H,11,13). The van der Waals surface area contributed by atoms with Gasteiger partial charge in [0.2, 0.25) is 0 Å². The fourth-order valence-electron chi connectivity index (χ4n) is 1.05. The van der Waals surface area contributed by atoms with E-state index in [1.54, 1.807) is 0 Å². The van der Waals surface area contributed by atoms with Gasteiger partial charge in [-0.05, 0) is 25.2 Å². The van der Waals surface area contributed by atoms with Gasteiger partial charge in [0.25, 0.3) is 5.91 Å². The number of nitrogens with one attached hydrogen (secondary N) is 1. The summed E-state index contributed by atoms with van der Waals surface area (Å²) in [6, 6.07) is 0. The second-order valence-electron chi connectivity index (χ2n) is 3.23. The number of amides is 1. The fraction of sp³-hybridized carbons (Fsp3) is 0.700. The van der Waals surface area contributed by atoms with Crippen LogP contribution in [0.5, 0.6) is 0 Å².